The molecule has 5 heteroatoms. The van der Waals surface area contributed by atoms with E-state index in [9.17, 15) is 0 Å². The minimum atomic E-state index is -0.365. The molecule has 0 aromatic heterocycles. The van der Waals surface area contributed by atoms with Gasteiger partial charge in [0.15, 0.2) is 5.84 Å². The quantitative estimate of drug-likeness (QED) is 0.333. The second kappa shape index (κ2) is 7.10. The summed E-state index contributed by atoms with van der Waals surface area (Å²) >= 11 is 0. The van der Waals surface area contributed by atoms with Gasteiger partial charge in [0, 0.05) is 32.7 Å². The summed E-state index contributed by atoms with van der Waals surface area (Å²) in [5, 5.41) is 12.0. The van der Waals surface area contributed by atoms with E-state index in [2.05, 4.69) is 28.8 Å². The SMILES string of the molecule is CCC(CC)CN1CCN(C(C)(C)C(N)=NO)CC1. The highest BCUT2D eigenvalue weighted by molar-refractivity contribution is 5.88. The number of rotatable bonds is 6. The van der Waals surface area contributed by atoms with Gasteiger partial charge in [-0.1, -0.05) is 31.8 Å². The molecule has 5 nitrogen and oxygen atoms in total. The van der Waals surface area contributed by atoms with Gasteiger partial charge in [0.1, 0.15) is 0 Å². The fourth-order valence-corrected chi connectivity index (χ4v) is 2.69. The summed E-state index contributed by atoms with van der Waals surface area (Å²) in [7, 11) is 0. The lowest BCUT2D eigenvalue weighted by atomic mass is 9.99. The van der Waals surface area contributed by atoms with Gasteiger partial charge in [0.2, 0.25) is 0 Å². The van der Waals surface area contributed by atoms with Gasteiger partial charge in [-0.15, -0.1) is 0 Å². The van der Waals surface area contributed by atoms with Gasteiger partial charge in [-0.25, -0.2) is 0 Å². The molecule has 112 valence electrons. The van der Waals surface area contributed by atoms with Crippen molar-refractivity contribution in [2.75, 3.05) is 32.7 Å². The number of hydrogen-bond acceptors (Lipinski definition) is 4. The summed E-state index contributed by atoms with van der Waals surface area (Å²) in [5.74, 6) is 1.10. The van der Waals surface area contributed by atoms with E-state index in [-0.39, 0.29) is 5.54 Å². The van der Waals surface area contributed by atoms with E-state index >= 15 is 0 Å². The van der Waals surface area contributed by atoms with Crippen LogP contribution in [0.3, 0.4) is 0 Å². The molecule has 0 atom stereocenters. The molecule has 0 aliphatic carbocycles. The molecule has 0 aromatic carbocycles. The Morgan fingerprint density at radius 1 is 1.21 bits per heavy atom. The highest BCUT2D eigenvalue weighted by atomic mass is 16.4. The number of piperazine rings is 1. The van der Waals surface area contributed by atoms with Crippen LogP contribution in [-0.2, 0) is 0 Å². The third-order valence-corrected chi connectivity index (χ3v) is 4.57. The molecule has 1 heterocycles. The predicted octanol–water partition coefficient (Wildman–Crippen LogP) is 1.57. The van der Waals surface area contributed by atoms with E-state index < -0.39 is 0 Å². The first-order valence-electron chi connectivity index (χ1n) is 7.41. The molecule has 1 rings (SSSR count). The fraction of sp³-hybridized carbons (Fsp3) is 0.929. The van der Waals surface area contributed by atoms with Gasteiger partial charge < -0.3 is 15.8 Å². The van der Waals surface area contributed by atoms with Crippen LogP contribution in [0.15, 0.2) is 5.16 Å². The largest absolute Gasteiger partial charge is 0.409 e. The first-order valence-corrected chi connectivity index (χ1v) is 7.41. The summed E-state index contributed by atoms with van der Waals surface area (Å²) in [6, 6.07) is 0. The molecule has 0 amide bonds. The molecule has 0 aromatic rings. The maximum atomic E-state index is 8.86. The molecule has 0 bridgehead atoms. The van der Waals surface area contributed by atoms with Gasteiger partial charge in [-0.2, -0.15) is 0 Å². The Hall–Kier alpha value is -0.810. The highest BCUT2D eigenvalue weighted by Gasteiger charge is 2.33. The topological polar surface area (TPSA) is 65.1 Å². The Morgan fingerprint density at radius 2 is 1.74 bits per heavy atom. The van der Waals surface area contributed by atoms with Crippen LogP contribution in [0.2, 0.25) is 0 Å². The van der Waals surface area contributed by atoms with Crippen molar-refractivity contribution in [2.45, 2.75) is 46.1 Å². The van der Waals surface area contributed by atoms with Gasteiger partial charge >= 0.3 is 0 Å². The Kier molecular flexibility index (Phi) is 6.07. The van der Waals surface area contributed by atoms with E-state index in [1.165, 1.54) is 19.4 Å². The van der Waals surface area contributed by atoms with Crippen LogP contribution in [0.25, 0.3) is 0 Å². The normalized spacial score (nSPS) is 20.2. The monoisotopic (exact) mass is 270 g/mol. The first kappa shape index (κ1) is 16.2. The van der Waals surface area contributed by atoms with Gasteiger partial charge in [-0.05, 0) is 19.8 Å². The van der Waals surface area contributed by atoms with Crippen molar-refractivity contribution in [3.05, 3.63) is 0 Å². The summed E-state index contributed by atoms with van der Waals surface area (Å²) in [5.41, 5.74) is 5.42. The zero-order chi connectivity index (χ0) is 14.5. The Labute approximate surface area is 117 Å². The molecule has 1 aliphatic rings. The van der Waals surface area contributed by atoms with Crippen LogP contribution in [0.4, 0.5) is 0 Å². The molecular formula is C14H30N4O. The molecule has 0 unspecified atom stereocenters. The number of nitrogens with two attached hydrogens (primary N) is 1. The summed E-state index contributed by atoms with van der Waals surface area (Å²) in [4.78, 5) is 4.84. The van der Waals surface area contributed by atoms with Crippen LogP contribution in [0, 0.1) is 5.92 Å². The summed E-state index contributed by atoms with van der Waals surface area (Å²) in [6.45, 7) is 13.9. The maximum absolute atomic E-state index is 8.86. The van der Waals surface area contributed by atoms with Crippen molar-refractivity contribution in [3.63, 3.8) is 0 Å². The summed E-state index contributed by atoms with van der Waals surface area (Å²) in [6.07, 6.45) is 2.51. The van der Waals surface area contributed by atoms with E-state index in [1.54, 1.807) is 0 Å². The Morgan fingerprint density at radius 3 is 2.16 bits per heavy atom. The standard InChI is InChI=1S/C14H30N4O/c1-5-12(6-2)11-17-7-9-18(10-8-17)14(3,4)13(15)16-19/h12,19H,5-11H2,1-4H3,(H2,15,16). The Balaban J connectivity index is 2.49. The minimum absolute atomic E-state index is 0.293. The lowest BCUT2D eigenvalue weighted by Crippen LogP contribution is -2.60. The van der Waals surface area contributed by atoms with E-state index in [0.717, 1.165) is 32.1 Å². The molecule has 1 aliphatic heterocycles. The molecule has 0 spiro atoms. The van der Waals surface area contributed by atoms with Gasteiger partial charge in [0.05, 0.1) is 5.54 Å². The van der Waals surface area contributed by atoms with E-state index in [0.29, 0.717) is 5.84 Å². The third kappa shape index (κ3) is 4.08. The molecule has 1 fully saturated rings. The lowest BCUT2D eigenvalue weighted by Gasteiger charge is -2.43. The number of hydrogen-bond donors (Lipinski definition) is 2. The fourth-order valence-electron chi connectivity index (χ4n) is 2.69. The van der Waals surface area contributed by atoms with Crippen LogP contribution in [0.5, 0.6) is 0 Å². The van der Waals surface area contributed by atoms with Crippen molar-refractivity contribution in [1.29, 1.82) is 0 Å². The third-order valence-electron chi connectivity index (χ3n) is 4.57. The van der Waals surface area contributed by atoms with E-state index in [1.807, 2.05) is 13.8 Å². The van der Waals surface area contributed by atoms with Gasteiger partial charge in [-0.3, -0.25) is 4.90 Å². The minimum Gasteiger partial charge on any atom is -0.409 e. The van der Waals surface area contributed by atoms with Crippen LogP contribution < -0.4 is 5.73 Å². The molecular weight excluding hydrogens is 240 g/mol. The maximum Gasteiger partial charge on any atom is 0.159 e. The average Bonchev–Trinajstić information content (AvgIpc) is 2.44. The number of oxime groups is 1. The van der Waals surface area contributed by atoms with Crippen LogP contribution in [0.1, 0.15) is 40.5 Å². The van der Waals surface area contributed by atoms with Crippen molar-refractivity contribution in [2.24, 2.45) is 16.8 Å². The van der Waals surface area contributed by atoms with Crippen molar-refractivity contribution in [1.82, 2.24) is 9.80 Å². The van der Waals surface area contributed by atoms with E-state index in [4.69, 9.17) is 10.9 Å². The zero-order valence-electron chi connectivity index (χ0n) is 12.9. The first-order chi connectivity index (χ1) is 8.95. The van der Waals surface area contributed by atoms with Crippen LogP contribution >= 0.6 is 0 Å². The van der Waals surface area contributed by atoms with Crippen molar-refractivity contribution in [3.8, 4) is 0 Å². The summed E-state index contributed by atoms with van der Waals surface area (Å²) < 4.78 is 0. The second-order valence-electron chi connectivity index (χ2n) is 6.01. The molecule has 1 saturated heterocycles. The molecule has 19 heavy (non-hydrogen) atoms. The van der Waals surface area contributed by atoms with Crippen molar-refractivity contribution < 1.29 is 5.21 Å². The Bertz CT molecular complexity index is 292. The smallest absolute Gasteiger partial charge is 0.159 e. The van der Waals surface area contributed by atoms with Crippen LogP contribution in [-0.4, -0.2) is 59.1 Å². The molecule has 0 radical (unpaired) electrons. The highest BCUT2D eigenvalue weighted by Crippen LogP contribution is 2.18. The molecule has 0 saturated carbocycles. The number of nitrogens with zero attached hydrogens (tertiary/aromatic N) is 3. The molecule has 3 N–H and O–H groups in total. The van der Waals surface area contributed by atoms with Gasteiger partial charge in [0.25, 0.3) is 0 Å². The van der Waals surface area contributed by atoms with Crippen molar-refractivity contribution >= 4 is 5.84 Å². The number of amidine groups is 1. The average molecular weight is 270 g/mol. The lowest BCUT2D eigenvalue weighted by molar-refractivity contribution is 0.0734. The predicted molar refractivity (Wildman–Crippen MR) is 79.6 cm³/mol. The zero-order valence-corrected chi connectivity index (χ0v) is 12.9. The second-order valence-corrected chi connectivity index (χ2v) is 6.01.